The standard InChI is InChI=1S/C22H32N2O4/c1-5-18-14(4)10-17(20(26)24(18)9-8-13(2)3)19(25)23-22(21(27)28)12-15-6-7-16(22)11-15/h10,13,15-16H,5-9,11-12H2,1-4H3,(H,23,25)(H,27,28). The Morgan fingerprint density at radius 3 is 2.57 bits per heavy atom. The van der Waals surface area contributed by atoms with Gasteiger partial charge in [-0.15, -0.1) is 0 Å². The molecule has 0 saturated heterocycles. The summed E-state index contributed by atoms with van der Waals surface area (Å²) >= 11 is 0. The van der Waals surface area contributed by atoms with Gasteiger partial charge in [0.2, 0.25) is 0 Å². The third-order valence-electron chi connectivity index (χ3n) is 6.69. The molecule has 3 unspecified atom stereocenters. The number of carboxylic acids is 1. The maximum atomic E-state index is 13.1. The second-order valence-electron chi connectivity index (χ2n) is 8.99. The molecule has 3 rings (SSSR count). The average Bonchev–Trinajstić information content (AvgIpc) is 3.23. The topological polar surface area (TPSA) is 88.4 Å². The molecular weight excluding hydrogens is 356 g/mol. The fourth-order valence-corrected chi connectivity index (χ4v) is 5.17. The molecule has 0 aromatic carbocycles. The van der Waals surface area contributed by atoms with Gasteiger partial charge < -0.3 is 15.0 Å². The van der Waals surface area contributed by atoms with Gasteiger partial charge in [0, 0.05) is 12.2 Å². The largest absolute Gasteiger partial charge is 0.479 e. The lowest BCUT2D eigenvalue weighted by molar-refractivity contribution is -0.146. The highest BCUT2D eigenvalue weighted by molar-refractivity contribution is 5.98. The molecule has 0 spiro atoms. The van der Waals surface area contributed by atoms with Gasteiger partial charge in [-0.1, -0.05) is 20.8 Å². The van der Waals surface area contributed by atoms with E-state index in [2.05, 4.69) is 19.2 Å². The zero-order valence-electron chi connectivity index (χ0n) is 17.4. The Morgan fingerprint density at radius 1 is 1.36 bits per heavy atom. The van der Waals surface area contributed by atoms with Crippen molar-refractivity contribution >= 4 is 11.9 Å². The molecule has 2 N–H and O–H groups in total. The van der Waals surface area contributed by atoms with Crippen LogP contribution in [0.15, 0.2) is 10.9 Å². The SMILES string of the molecule is CCc1c(C)cc(C(=O)NC2(C(=O)O)CC3CCC2C3)c(=O)n1CCC(C)C. The van der Waals surface area contributed by atoms with E-state index in [-0.39, 0.29) is 17.0 Å². The third-order valence-corrected chi connectivity index (χ3v) is 6.69. The zero-order chi connectivity index (χ0) is 20.6. The number of pyridine rings is 1. The van der Waals surface area contributed by atoms with Crippen LogP contribution in [0.2, 0.25) is 0 Å². The second-order valence-corrected chi connectivity index (χ2v) is 8.99. The molecule has 1 aromatic heterocycles. The van der Waals surface area contributed by atoms with E-state index in [0.717, 1.165) is 36.9 Å². The van der Waals surface area contributed by atoms with E-state index in [1.807, 2.05) is 13.8 Å². The molecule has 0 aliphatic heterocycles. The van der Waals surface area contributed by atoms with E-state index in [9.17, 15) is 19.5 Å². The fourth-order valence-electron chi connectivity index (χ4n) is 5.17. The Labute approximate surface area is 166 Å². The van der Waals surface area contributed by atoms with Crippen molar-refractivity contribution in [3.63, 3.8) is 0 Å². The summed E-state index contributed by atoms with van der Waals surface area (Å²) < 4.78 is 1.71. The Hall–Kier alpha value is -2.11. The minimum Gasteiger partial charge on any atom is -0.479 e. The number of carbonyl (C=O) groups is 2. The highest BCUT2D eigenvalue weighted by Crippen LogP contribution is 2.51. The molecule has 28 heavy (non-hydrogen) atoms. The number of aromatic nitrogens is 1. The van der Waals surface area contributed by atoms with E-state index >= 15 is 0 Å². The van der Waals surface area contributed by atoms with Gasteiger partial charge in [0.15, 0.2) is 0 Å². The number of nitrogens with one attached hydrogen (secondary N) is 1. The maximum Gasteiger partial charge on any atom is 0.329 e. The van der Waals surface area contributed by atoms with E-state index in [1.54, 1.807) is 10.6 Å². The third kappa shape index (κ3) is 3.49. The van der Waals surface area contributed by atoms with Crippen molar-refractivity contribution in [2.24, 2.45) is 17.8 Å². The van der Waals surface area contributed by atoms with Crippen molar-refractivity contribution < 1.29 is 14.7 Å². The molecule has 2 aliphatic carbocycles. The highest BCUT2D eigenvalue weighted by Gasteiger charge is 2.57. The van der Waals surface area contributed by atoms with Crippen LogP contribution in [0.4, 0.5) is 0 Å². The maximum absolute atomic E-state index is 13.1. The number of carboxylic acid groups (broad SMARTS) is 1. The van der Waals surface area contributed by atoms with Gasteiger partial charge in [-0.05, 0) is 74.8 Å². The monoisotopic (exact) mass is 388 g/mol. The molecule has 1 aromatic rings. The predicted molar refractivity (Wildman–Crippen MR) is 108 cm³/mol. The van der Waals surface area contributed by atoms with Gasteiger partial charge in [-0.3, -0.25) is 9.59 Å². The van der Waals surface area contributed by atoms with Crippen molar-refractivity contribution in [2.45, 2.75) is 78.3 Å². The molecule has 2 fully saturated rings. The molecule has 2 aliphatic rings. The van der Waals surface area contributed by atoms with Crippen molar-refractivity contribution in [3.8, 4) is 0 Å². The number of aryl methyl sites for hydroxylation is 1. The first-order valence-electron chi connectivity index (χ1n) is 10.5. The highest BCUT2D eigenvalue weighted by atomic mass is 16.4. The summed E-state index contributed by atoms with van der Waals surface area (Å²) in [6, 6.07) is 1.63. The van der Waals surface area contributed by atoms with Gasteiger partial charge in [-0.2, -0.15) is 0 Å². The van der Waals surface area contributed by atoms with Gasteiger partial charge in [0.05, 0.1) is 0 Å². The van der Waals surface area contributed by atoms with Crippen LogP contribution < -0.4 is 10.9 Å². The quantitative estimate of drug-likeness (QED) is 0.751. The number of hydrogen-bond acceptors (Lipinski definition) is 3. The molecule has 6 heteroatoms. The van der Waals surface area contributed by atoms with Crippen LogP contribution >= 0.6 is 0 Å². The van der Waals surface area contributed by atoms with Crippen molar-refractivity contribution in [3.05, 3.63) is 33.2 Å². The lowest BCUT2D eigenvalue weighted by Crippen LogP contribution is -2.58. The molecule has 154 valence electrons. The van der Waals surface area contributed by atoms with Crippen LogP contribution in [-0.4, -0.2) is 27.1 Å². The first-order chi connectivity index (χ1) is 13.2. The number of nitrogens with zero attached hydrogens (tertiary/aromatic N) is 1. The van der Waals surface area contributed by atoms with Crippen LogP contribution in [0.1, 0.15) is 74.5 Å². The molecular formula is C22H32N2O4. The second kappa shape index (κ2) is 7.72. The minimum atomic E-state index is -1.23. The molecule has 2 saturated carbocycles. The normalized spacial score (nSPS) is 26.0. The van der Waals surface area contributed by atoms with Crippen LogP contribution in [0, 0.1) is 24.7 Å². The van der Waals surface area contributed by atoms with Crippen LogP contribution in [0.3, 0.4) is 0 Å². The molecule has 3 atom stereocenters. The van der Waals surface area contributed by atoms with E-state index in [1.165, 1.54) is 0 Å². The van der Waals surface area contributed by atoms with Gasteiger partial charge in [0.25, 0.3) is 11.5 Å². The minimum absolute atomic E-state index is 0.0434. The summed E-state index contributed by atoms with van der Waals surface area (Å²) in [6.07, 6.45) is 4.72. The Kier molecular flexibility index (Phi) is 5.69. The van der Waals surface area contributed by atoms with E-state index < -0.39 is 17.4 Å². The van der Waals surface area contributed by atoms with Crippen LogP contribution in [-0.2, 0) is 17.8 Å². The average molecular weight is 389 g/mol. The molecule has 0 radical (unpaired) electrons. The lowest BCUT2D eigenvalue weighted by atomic mass is 9.80. The van der Waals surface area contributed by atoms with E-state index in [0.29, 0.717) is 31.2 Å². The Bertz CT molecular complexity index is 842. The smallest absolute Gasteiger partial charge is 0.329 e. The number of fused-ring (bicyclic) bond motifs is 2. The fraction of sp³-hybridized carbons (Fsp3) is 0.682. The first-order valence-corrected chi connectivity index (χ1v) is 10.5. The Morgan fingerprint density at radius 2 is 2.07 bits per heavy atom. The Balaban J connectivity index is 1.95. The summed E-state index contributed by atoms with van der Waals surface area (Å²) in [7, 11) is 0. The van der Waals surface area contributed by atoms with Crippen LogP contribution in [0.25, 0.3) is 0 Å². The molecule has 1 heterocycles. The number of hydrogen-bond donors (Lipinski definition) is 2. The lowest BCUT2D eigenvalue weighted by Gasteiger charge is -2.34. The van der Waals surface area contributed by atoms with Crippen molar-refractivity contribution in [1.29, 1.82) is 0 Å². The number of rotatable bonds is 7. The van der Waals surface area contributed by atoms with Gasteiger partial charge >= 0.3 is 5.97 Å². The first kappa shape index (κ1) is 20.6. The van der Waals surface area contributed by atoms with Gasteiger partial charge in [-0.25, -0.2) is 4.79 Å². The van der Waals surface area contributed by atoms with Crippen molar-refractivity contribution in [1.82, 2.24) is 9.88 Å². The molecule has 1 amide bonds. The summed E-state index contributed by atoms with van der Waals surface area (Å²) in [5.74, 6) is -0.774. The number of amides is 1. The van der Waals surface area contributed by atoms with Gasteiger partial charge in [0.1, 0.15) is 11.1 Å². The number of aliphatic carboxylic acids is 1. The summed E-state index contributed by atoms with van der Waals surface area (Å²) in [6.45, 7) is 8.68. The van der Waals surface area contributed by atoms with E-state index in [4.69, 9.17) is 0 Å². The summed E-state index contributed by atoms with van der Waals surface area (Å²) in [5.41, 5.74) is 0.349. The molecule has 6 nitrogen and oxygen atoms in total. The number of carbonyl (C=O) groups excluding carboxylic acids is 1. The van der Waals surface area contributed by atoms with Crippen LogP contribution in [0.5, 0.6) is 0 Å². The summed E-state index contributed by atoms with van der Waals surface area (Å²) in [5, 5.41) is 12.7. The zero-order valence-corrected chi connectivity index (χ0v) is 17.4. The predicted octanol–water partition coefficient (Wildman–Crippen LogP) is 3.14. The molecule has 2 bridgehead atoms. The summed E-state index contributed by atoms with van der Waals surface area (Å²) in [4.78, 5) is 38.3. The van der Waals surface area contributed by atoms with Crippen molar-refractivity contribution in [2.75, 3.05) is 0 Å².